The molecule has 4 heteroatoms. The summed E-state index contributed by atoms with van der Waals surface area (Å²) < 4.78 is 1.98. The molecule has 1 aromatic heterocycles. The van der Waals surface area contributed by atoms with Gasteiger partial charge in [-0.1, -0.05) is 6.92 Å². The Morgan fingerprint density at radius 3 is 2.88 bits per heavy atom. The molecule has 0 radical (unpaired) electrons. The summed E-state index contributed by atoms with van der Waals surface area (Å²) in [5.41, 5.74) is 2.25. The van der Waals surface area contributed by atoms with Crippen LogP contribution in [0.5, 0.6) is 0 Å². The Labute approximate surface area is 102 Å². The van der Waals surface area contributed by atoms with E-state index in [1.807, 2.05) is 18.7 Å². The summed E-state index contributed by atoms with van der Waals surface area (Å²) in [6.07, 6.45) is 2.61. The van der Waals surface area contributed by atoms with Crippen LogP contribution in [0.4, 0.5) is 5.82 Å². The van der Waals surface area contributed by atoms with Crippen molar-refractivity contribution < 1.29 is 0 Å². The van der Waals surface area contributed by atoms with Crippen LogP contribution in [-0.4, -0.2) is 22.9 Å². The number of piperidine rings is 1. The van der Waals surface area contributed by atoms with Crippen LogP contribution in [0.25, 0.3) is 0 Å². The Balaban J connectivity index is 2.31. The highest BCUT2D eigenvalue weighted by Gasteiger charge is 2.23. The second kappa shape index (κ2) is 4.66. The molecule has 0 aromatic carbocycles. The zero-order chi connectivity index (χ0) is 11.7. The molecule has 1 unspecified atom stereocenters. The molecular formula is C12H20ClN3. The monoisotopic (exact) mass is 241 g/mol. The fourth-order valence-electron chi connectivity index (χ4n) is 2.62. The van der Waals surface area contributed by atoms with Gasteiger partial charge < -0.3 is 4.90 Å². The second-order valence-corrected chi connectivity index (χ2v) is 5.11. The number of alkyl halides is 1. The lowest BCUT2D eigenvalue weighted by molar-refractivity contribution is 0.440. The van der Waals surface area contributed by atoms with Crippen LogP contribution in [0, 0.1) is 12.8 Å². The van der Waals surface area contributed by atoms with E-state index in [1.165, 1.54) is 24.2 Å². The molecule has 1 saturated heterocycles. The first-order chi connectivity index (χ1) is 7.63. The lowest BCUT2D eigenvalue weighted by atomic mass is 10.00. The second-order valence-electron chi connectivity index (χ2n) is 4.84. The number of nitrogens with zero attached hydrogens (tertiary/aromatic N) is 3. The summed E-state index contributed by atoms with van der Waals surface area (Å²) in [5, 5.41) is 4.47. The largest absolute Gasteiger partial charge is 0.356 e. The van der Waals surface area contributed by atoms with Gasteiger partial charge >= 0.3 is 0 Å². The first kappa shape index (κ1) is 11.8. The molecular weight excluding hydrogens is 222 g/mol. The van der Waals surface area contributed by atoms with Crippen molar-refractivity contribution in [1.29, 1.82) is 0 Å². The summed E-state index contributed by atoms with van der Waals surface area (Å²) in [6.45, 7) is 6.61. The fourth-order valence-corrected chi connectivity index (χ4v) is 2.94. The molecule has 0 spiro atoms. The Morgan fingerprint density at radius 2 is 2.25 bits per heavy atom. The number of halogens is 1. The van der Waals surface area contributed by atoms with Crippen molar-refractivity contribution >= 4 is 17.4 Å². The van der Waals surface area contributed by atoms with Crippen LogP contribution in [0.15, 0.2) is 0 Å². The number of rotatable bonds is 2. The van der Waals surface area contributed by atoms with Crippen molar-refractivity contribution in [1.82, 2.24) is 9.78 Å². The maximum absolute atomic E-state index is 6.03. The minimum atomic E-state index is 0.555. The molecule has 1 aromatic rings. The summed E-state index contributed by atoms with van der Waals surface area (Å²) in [7, 11) is 2.01. The van der Waals surface area contributed by atoms with E-state index in [4.69, 9.17) is 11.6 Å². The predicted molar refractivity (Wildman–Crippen MR) is 68.1 cm³/mol. The predicted octanol–water partition coefficient (Wildman–Crippen LogP) is 2.70. The number of hydrogen-bond acceptors (Lipinski definition) is 2. The minimum absolute atomic E-state index is 0.555. The van der Waals surface area contributed by atoms with Crippen molar-refractivity contribution in [2.24, 2.45) is 13.0 Å². The quantitative estimate of drug-likeness (QED) is 0.743. The van der Waals surface area contributed by atoms with E-state index in [0.717, 1.165) is 24.7 Å². The third-order valence-corrected chi connectivity index (χ3v) is 3.67. The zero-order valence-electron chi connectivity index (χ0n) is 10.3. The van der Waals surface area contributed by atoms with Gasteiger partial charge in [-0.05, 0) is 25.7 Å². The summed E-state index contributed by atoms with van der Waals surface area (Å²) in [5.74, 6) is 2.55. The maximum atomic E-state index is 6.03. The molecule has 0 N–H and O–H groups in total. The van der Waals surface area contributed by atoms with E-state index >= 15 is 0 Å². The van der Waals surface area contributed by atoms with Gasteiger partial charge in [0, 0.05) is 25.7 Å². The van der Waals surface area contributed by atoms with Gasteiger partial charge in [-0.3, -0.25) is 4.68 Å². The third-order valence-electron chi connectivity index (χ3n) is 3.40. The molecule has 0 aliphatic carbocycles. The fraction of sp³-hybridized carbons (Fsp3) is 0.750. The summed E-state index contributed by atoms with van der Waals surface area (Å²) in [6, 6.07) is 0. The van der Waals surface area contributed by atoms with Crippen molar-refractivity contribution in [3.8, 4) is 0 Å². The van der Waals surface area contributed by atoms with E-state index in [1.54, 1.807) is 0 Å². The Kier molecular flexibility index (Phi) is 3.43. The zero-order valence-corrected chi connectivity index (χ0v) is 11.1. The van der Waals surface area contributed by atoms with E-state index in [0.29, 0.717) is 5.88 Å². The van der Waals surface area contributed by atoms with Gasteiger partial charge in [-0.25, -0.2) is 0 Å². The first-order valence-electron chi connectivity index (χ1n) is 5.97. The molecule has 90 valence electrons. The molecule has 1 fully saturated rings. The van der Waals surface area contributed by atoms with Crippen molar-refractivity contribution in [3.63, 3.8) is 0 Å². The van der Waals surface area contributed by atoms with Crippen LogP contribution in [-0.2, 0) is 12.9 Å². The average Bonchev–Trinajstić information content (AvgIpc) is 2.52. The number of aromatic nitrogens is 2. The van der Waals surface area contributed by atoms with Gasteiger partial charge in [0.1, 0.15) is 5.82 Å². The minimum Gasteiger partial charge on any atom is -0.356 e. The van der Waals surface area contributed by atoms with Gasteiger partial charge in [0.2, 0.25) is 0 Å². The van der Waals surface area contributed by atoms with Crippen LogP contribution in [0.1, 0.15) is 31.0 Å². The first-order valence-corrected chi connectivity index (χ1v) is 6.50. The molecule has 16 heavy (non-hydrogen) atoms. The summed E-state index contributed by atoms with van der Waals surface area (Å²) in [4.78, 5) is 2.44. The Bertz CT molecular complexity index is 373. The highest BCUT2D eigenvalue weighted by molar-refractivity contribution is 6.17. The molecule has 0 amide bonds. The molecule has 0 saturated carbocycles. The van der Waals surface area contributed by atoms with E-state index in [2.05, 4.69) is 16.9 Å². The number of hydrogen-bond donors (Lipinski definition) is 0. The third kappa shape index (κ3) is 2.05. The van der Waals surface area contributed by atoms with Crippen LogP contribution >= 0.6 is 11.6 Å². The number of aryl methyl sites for hydroxylation is 2. The van der Waals surface area contributed by atoms with Gasteiger partial charge in [0.15, 0.2) is 0 Å². The van der Waals surface area contributed by atoms with Gasteiger partial charge in [-0.2, -0.15) is 5.10 Å². The van der Waals surface area contributed by atoms with Gasteiger partial charge in [0.05, 0.1) is 11.6 Å². The Morgan fingerprint density at radius 1 is 1.50 bits per heavy atom. The molecule has 0 bridgehead atoms. The average molecular weight is 242 g/mol. The lowest BCUT2D eigenvalue weighted by Gasteiger charge is -2.33. The maximum Gasteiger partial charge on any atom is 0.131 e. The van der Waals surface area contributed by atoms with E-state index < -0.39 is 0 Å². The highest BCUT2D eigenvalue weighted by Crippen LogP contribution is 2.28. The molecule has 2 rings (SSSR count). The van der Waals surface area contributed by atoms with Crippen LogP contribution in [0.3, 0.4) is 0 Å². The number of anilines is 1. The van der Waals surface area contributed by atoms with Crippen molar-refractivity contribution in [2.75, 3.05) is 18.0 Å². The Hall–Kier alpha value is -0.700. The SMILES string of the molecule is Cc1nn(C)c(N2CCCC(C)C2)c1CCl. The van der Waals surface area contributed by atoms with Gasteiger partial charge in [0.25, 0.3) is 0 Å². The molecule has 2 heterocycles. The summed E-state index contributed by atoms with van der Waals surface area (Å²) >= 11 is 6.03. The van der Waals surface area contributed by atoms with Crippen LogP contribution < -0.4 is 4.90 Å². The lowest BCUT2D eigenvalue weighted by Crippen LogP contribution is -2.36. The van der Waals surface area contributed by atoms with E-state index in [-0.39, 0.29) is 0 Å². The van der Waals surface area contributed by atoms with E-state index in [9.17, 15) is 0 Å². The highest BCUT2D eigenvalue weighted by atomic mass is 35.5. The molecule has 1 aliphatic rings. The standard InChI is InChI=1S/C12H20ClN3/c1-9-5-4-6-16(8-9)12-11(7-13)10(2)14-15(12)3/h9H,4-8H2,1-3H3. The topological polar surface area (TPSA) is 21.1 Å². The normalized spacial score (nSPS) is 21.5. The molecule has 1 aliphatic heterocycles. The molecule has 3 nitrogen and oxygen atoms in total. The van der Waals surface area contributed by atoms with Crippen molar-refractivity contribution in [3.05, 3.63) is 11.3 Å². The van der Waals surface area contributed by atoms with Gasteiger partial charge in [-0.15, -0.1) is 11.6 Å². The smallest absolute Gasteiger partial charge is 0.131 e. The van der Waals surface area contributed by atoms with Crippen LogP contribution in [0.2, 0.25) is 0 Å². The molecule has 1 atom stereocenters. The van der Waals surface area contributed by atoms with Crippen molar-refractivity contribution in [2.45, 2.75) is 32.6 Å².